The topological polar surface area (TPSA) is 66.0 Å². The van der Waals surface area contributed by atoms with Gasteiger partial charge >= 0.3 is 0 Å². The van der Waals surface area contributed by atoms with E-state index in [1.807, 2.05) is 30.3 Å². The van der Waals surface area contributed by atoms with Crippen molar-refractivity contribution in [3.8, 4) is 0 Å². The first-order valence-corrected chi connectivity index (χ1v) is 11.8. The Morgan fingerprint density at radius 3 is 2.66 bits per heavy atom. The summed E-state index contributed by atoms with van der Waals surface area (Å²) >= 11 is 0. The van der Waals surface area contributed by atoms with Crippen molar-refractivity contribution in [2.24, 2.45) is 10.9 Å². The zero-order valence-electron chi connectivity index (χ0n) is 17.3. The van der Waals surface area contributed by atoms with E-state index in [1.54, 1.807) is 0 Å². The molecular formula is C21H35IN4O2S. The molecule has 0 aromatic heterocycles. The number of nitrogens with one attached hydrogen (secondary N) is 2. The number of ether oxygens (including phenoxy) is 1. The molecule has 1 aromatic rings. The molecular weight excluding hydrogens is 499 g/mol. The van der Waals surface area contributed by atoms with Crippen molar-refractivity contribution in [2.45, 2.75) is 37.1 Å². The Balaban J connectivity index is 0.00000300. The van der Waals surface area contributed by atoms with Crippen molar-refractivity contribution < 1.29 is 8.95 Å². The molecule has 2 unspecified atom stereocenters. The molecule has 2 fully saturated rings. The second-order valence-electron chi connectivity index (χ2n) is 7.57. The predicted octanol–water partition coefficient (Wildman–Crippen LogP) is 2.47. The number of likely N-dealkylation sites (tertiary alicyclic amines) is 1. The largest absolute Gasteiger partial charge is 0.381 e. The Hall–Kier alpha value is -0.710. The minimum Gasteiger partial charge on any atom is -0.381 e. The first-order chi connectivity index (χ1) is 13.7. The smallest absolute Gasteiger partial charge is 0.191 e. The summed E-state index contributed by atoms with van der Waals surface area (Å²) in [4.78, 5) is 8.09. The molecule has 2 saturated heterocycles. The van der Waals surface area contributed by atoms with E-state index in [0.717, 1.165) is 56.5 Å². The van der Waals surface area contributed by atoms with Crippen LogP contribution in [0.15, 0.2) is 40.2 Å². The third kappa shape index (κ3) is 8.51. The first kappa shape index (κ1) is 24.6. The minimum absolute atomic E-state index is 0. The lowest BCUT2D eigenvalue weighted by molar-refractivity contribution is 0.150. The number of hydrogen-bond donors (Lipinski definition) is 2. The van der Waals surface area contributed by atoms with Gasteiger partial charge in [-0.3, -0.25) is 9.20 Å². The Kier molecular flexibility index (Phi) is 11.5. The molecule has 164 valence electrons. The maximum atomic E-state index is 12.3. The summed E-state index contributed by atoms with van der Waals surface area (Å²) < 4.78 is 17.8. The van der Waals surface area contributed by atoms with Gasteiger partial charge in [0, 0.05) is 49.5 Å². The molecule has 2 aliphatic rings. The Labute approximate surface area is 194 Å². The number of rotatable bonds is 8. The molecule has 0 amide bonds. The molecule has 0 aliphatic carbocycles. The van der Waals surface area contributed by atoms with Gasteiger partial charge in [0.05, 0.1) is 24.0 Å². The molecule has 2 N–H and O–H groups in total. The molecule has 1 aromatic carbocycles. The highest BCUT2D eigenvalue weighted by Gasteiger charge is 2.24. The predicted molar refractivity (Wildman–Crippen MR) is 131 cm³/mol. The molecule has 2 atom stereocenters. The van der Waals surface area contributed by atoms with Crippen LogP contribution < -0.4 is 10.6 Å². The van der Waals surface area contributed by atoms with E-state index in [2.05, 4.69) is 27.4 Å². The molecule has 8 heteroatoms. The van der Waals surface area contributed by atoms with Gasteiger partial charge in [0.2, 0.25) is 0 Å². The maximum absolute atomic E-state index is 12.3. The average molecular weight is 535 g/mol. The van der Waals surface area contributed by atoms with Crippen LogP contribution in [-0.2, 0) is 15.5 Å². The van der Waals surface area contributed by atoms with Crippen LogP contribution >= 0.6 is 24.0 Å². The van der Waals surface area contributed by atoms with Gasteiger partial charge in [0.25, 0.3) is 0 Å². The molecule has 3 rings (SSSR count). The fourth-order valence-corrected chi connectivity index (χ4v) is 4.75. The number of hydrogen-bond acceptors (Lipinski definition) is 4. The summed E-state index contributed by atoms with van der Waals surface area (Å²) in [7, 11) is -0.997. The van der Waals surface area contributed by atoms with Crippen LogP contribution in [0.4, 0.5) is 0 Å². The van der Waals surface area contributed by atoms with Gasteiger partial charge in [-0.2, -0.15) is 0 Å². The lowest BCUT2D eigenvalue weighted by Crippen LogP contribution is -2.49. The van der Waals surface area contributed by atoms with Crippen LogP contribution in [-0.4, -0.2) is 72.8 Å². The van der Waals surface area contributed by atoms with Crippen molar-refractivity contribution in [1.82, 2.24) is 15.5 Å². The van der Waals surface area contributed by atoms with E-state index in [9.17, 15) is 4.21 Å². The first-order valence-electron chi connectivity index (χ1n) is 10.5. The summed E-state index contributed by atoms with van der Waals surface area (Å²) in [5.74, 6) is 2.10. The lowest BCUT2D eigenvalue weighted by Gasteiger charge is -2.34. The van der Waals surface area contributed by atoms with Crippen LogP contribution in [0, 0.1) is 5.92 Å². The van der Waals surface area contributed by atoms with Crippen molar-refractivity contribution in [3.63, 3.8) is 0 Å². The third-order valence-electron chi connectivity index (χ3n) is 5.37. The molecule has 2 aliphatic heterocycles. The Morgan fingerprint density at radius 1 is 1.24 bits per heavy atom. The summed E-state index contributed by atoms with van der Waals surface area (Å²) in [6.07, 6.45) is 3.47. The highest BCUT2D eigenvalue weighted by molar-refractivity contribution is 14.0. The molecule has 0 spiro atoms. The highest BCUT2D eigenvalue weighted by atomic mass is 127. The number of nitrogens with zero attached hydrogens (tertiary/aromatic N) is 2. The lowest BCUT2D eigenvalue weighted by atomic mass is 10.0. The fraction of sp³-hybridized carbons (Fsp3) is 0.667. The number of halogens is 1. The second kappa shape index (κ2) is 13.6. The summed E-state index contributed by atoms with van der Waals surface area (Å²) in [6.45, 7) is 8.75. The zero-order chi connectivity index (χ0) is 19.6. The standard InChI is InChI=1S/C21H34N4O2S.HI/c1-2-22-21(23-11-15-28(26)20-6-4-3-5-7-20)24-19-8-12-25(13-9-19)16-18-10-14-27-17-18;/h3-7,18-19H,2,8-17H2,1H3,(H2,22,23,24);1H. The van der Waals surface area contributed by atoms with E-state index in [-0.39, 0.29) is 24.0 Å². The molecule has 6 nitrogen and oxygen atoms in total. The van der Waals surface area contributed by atoms with Gasteiger partial charge in [-0.25, -0.2) is 0 Å². The minimum atomic E-state index is -0.997. The van der Waals surface area contributed by atoms with Gasteiger partial charge in [0.15, 0.2) is 5.96 Å². The van der Waals surface area contributed by atoms with Crippen LogP contribution in [0.5, 0.6) is 0 Å². The van der Waals surface area contributed by atoms with E-state index in [4.69, 9.17) is 4.74 Å². The van der Waals surface area contributed by atoms with Crippen molar-refractivity contribution in [2.75, 3.05) is 51.7 Å². The van der Waals surface area contributed by atoms with Gasteiger partial charge in [-0.05, 0) is 44.2 Å². The Bertz CT molecular complexity index is 633. The number of guanidine groups is 1. The number of piperidine rings is 1. The van der Waals surface area contributed by atoms with E-state index >= 15 is 0 Å². The van der Waals surface area contributed by atoms with Crippen LogP contribution in [0.1, 0.15) is 26.2 Å². The van der Waals surface area contributed by atoms with Gasteiger partial charge < -0.3 is 20.3 Å². The third-order valence-corrected chi connectivity index (χ3v) is 6.72. The summed E-state index contributed by atoms with van der Waals surface area (Å²) in [5.41, 5.74) is 0. The van der Waals surface area contributed by atoms with E-state index < -0.39 is 10.8 Å². The van der Waals surface area contributed by atoms with Gasteiger partial charge in [-0.1, -0.05) is 18.2 Å². The molecule has 2 heterocycles. The van der Waals surface area contributed by atoms with Crippen LogP contribution in [0.2, 0.25) is 0 Å². The monoisotopic (exact) mass is 534 g/mol. The summed E-state index contributed by atoms with van der Waals surface area (Å²) in [5, 5.41) is 6.90. The van der Waals surface area contributed by atoms with Gasteiger partial charge in [0.1, 0.15) is 0 Å². The number of aliphatic imine (C=N–C) groups is 1. The van der Waals surface area contributed by atoms with Crippen molar-refractivity contribution in [1.29, 1.82) is 0 Å². The molecule has 0 bridgehead atoms. The van der Waals surface area contributed by atoms with Gasteiger partial charge in [-0.15, -0.1) is 24.0 Å². The molecule has 29 heavy (non-hydrogen) atoms. The summed E-state index contributed by atoms with van der Waals surface area (Å²) in [6, 6.07) is 10.1. The SMILES string of the molecule is CCNC(=NCCS(=O)c1ccccc1)NC1CCN(CC2CCOC2)CC1.I. The van der Waals surface area contributed by atoms with Crippen molar-refractivity contribution >= 4 is 40.7 Å². The average Bonchev–Trinajstić information content (AvgIpc) is 3.23. The highest BCUT2D eigenvalue weighted by Crippen LogP contribution is 2.17. The van der Waals surface area contributed by atoms with E-state index in [1.165, 1.54) is 13.0 Å². The van der Waals surface area contributed by atoms with Crippen LogP contribution in [0.25, 0.3) is 0 Å². The zero-order valence-corrected chi connectivity index (χ0v) is 20.5. The Morgan fingerprint density at radius 2 is 2.00 bits per heavy atom. The number of benzene rings is 1. The van der Waals surface area contributed by atoms with E-state index in [0.29, 0.717) is 24.3 Å². The van der Waals surface area contributed by atoms with Crippen LogP contribution in [0.3, 0.4) is 0 Å². The maximum Gasteiger partial charge on any atom is 0.191 e. The second-order valence-corrected chi connectivity index (χ2v) is 9.14. The fourth-order valence-electron chi connectivity index (χ4n) is 3.80. The normalized spacial score (nSPS) is 22.1. The molecule has 0 radical (unpaired) electrons. The van der Waals surface area contributed by atoms with Crippen molar-refractivity contribution in [3.05, 3.63) is 30.3 Å². The quantitative estimate of drug-likeness (QED) is 0.305. The molecule has 0 saturated carbocycles.